The van der Waals surface area contributed by atoms with Crippen LogP contribution in [0.3, 0.4) is 0 Å². The number of nitrogens with zero attached hydrogens (tertiary/aromatic N) is 2. The quantitative estimate of drug-likeness (QED) is 0.118. The Bertz CT molecular complexity index is 1750. The van der Waals surface area contributed by atoms with E-state index in [4.69, 9.17) is 9.98 Å². The fraction of sp³-hybridized carbons (Fsp3) is 0.535. The summed E-state index contributed by atoms with van der Waals surface area (Å²) in [5.41, 5.74) is 2.66. The third-order valence-corrected chi connectivity index (χ3v) is 14.2. The van der Waals surface area contributed by atoms with Crippen molar-refractivity contribution in [2.75, 3.05) is 26.2 Å². The highest BCUT2D eigenvalue weighted by Gasteiger charge is 2.39. The lowest BCUT2D eigenvalue weighted by molar-refractivity contribution is -0.121. The van der Waals surface area contributed by atoms with Gasteiger partial charge >= 0.3 is 0 Å². The molecule has 0 heterocycles. The largest absolute Gasteiger partial charge is 0.355 e. The molecule has 2 amide bonds. The van der Waals surface area contributed by atoms with E-state index < -0.39 is 42.0 Å². The van der Waals surface area contributed by atoms with Crippen molar-refractivity contribution >= 4 is 42.9 Å². The molecule has 0 aromatic heterocycles. The van der Waals surface area contributed by atoms with Crippen molar-refractivity contribution in [3.8, 4) is 0 Å². The van der Waals surface area contributed by atoms with Gasteiger partial charge in [-0.3, -0.25) is 19.6 Å². The lowest BCUT2D eigenvalue weighted by Gasteiger charge is -2.24. The first kappa shape index (κ1) is 43.8. The minimum atomic E-state index is -3.98. The highest BCUT2D eigenvalue weighted by atomic mass is 32.2. The van der Waals surface area contributed by atoms with Crippen molar-refractivity contribution in [2.45, 2.75) is 130 Å². The number of hydrogen-bond donors (Lipinski definition) is 2. The lowest BCUT2D eigenvalue weighted by atomic mass is 9.95. The minimum Gasteiger partial charge on any atom is -0.355 e. The zero-order valence-electron chi connectivity index (χ0n) is 32.7. The fourth-order valence-electron chi connectivity index (χ4n) is 7.06. The second kappa shape index (κ2) is 22.6. The molecule has 0 aliphatic heterocycles. The first-order valence-corrected chi connectivity index (χ1v) is 23.3. The molecule has 0 radical (unpaired) electrons. The van der Waals surface area contributed by atoms with Crippen LogP contribution < -0.4 is 10.6 Å². The fourth-order valence-corrected chi connectivity index (χ4v) is 10.6. The van der Waals surface area contributed by atoms with E-state index in [2.05, 4.69) is 24.5 Å². The third-order valence-electron chi connectivity index (χ3n) is 10.0. The number of unbranched alkanes of at least 4 members (excludes halogenated alkanes) is 6. The van der Waals surface area contributed by atoms with Crippen molar-refractivity contribution in [3.63, 3.8) is 0 Å². The number of hydrogen-bond acceptors (Lipinski definition) is 8. The van der Waals surface area contributed by atoms with Crippen molar-refractivity contribution in [2.24, 2.45) is 9.98 Å². The summed E-state index contributed by atoms with van der Waals surface area (Å²) in [4.78, 5) is 36.8. The molecule has 2 aliphatic carbocycles. The van der Waals surface area contributed by atoms with Crippen LogP contribution in [-0.4, -0.2) is 76.8 Å². The van der Waals surface area contributed by atoms with Crippen LogP contribution >= 0.6 is 0 Å². The van der Waals surface area contributed by atoms with Gasteiger partial charge in [0.2, 0.25) is 11.8 Å². The molecule has 2 aromatic carbocycles. The van der Waals surface area contributed by atoms with Crippen LogP contribution in [0.2, 0.25) is 0 Å². The second-order valence-electron chi connectivity index (χ2n) is 14.4. The van der Waals surface area contributed by atoms with Crippen LogP contribution in [0.5, 0.6) is 0 Å². The van der Waals surface area contributed by atoms with E-state index in [1.54, 1.807) is 48.6 Å². The zero-order chi connectivity index (χ0) is 39.5. The lowest BCUT2D eigenvalue weighted by Crippen LogP contribution is -2.42. The standard InChI is InChI=1S/C43H60N4O6S2/c1-3-5-7-15-28-46-42(48)40(54(50,51)38-24-11-9-12-25-38)34-20-17-22-36(32-34)44-30-19-31-45-37-23-18-21-35(33-37)41(43(49)47-29-16-8-6-4-2)55(52,53)39-26-13-10-14-27-39/h9-14,24-27,32-33,40-41H,3-8,15-23,28-31H2,1-2H3,(H,46,48)(H,47,49). The molecule has 0 fully saturated rings. The summed E-state index contributed by atoms with van der Waals surface area (Å²) >= 11 is 0. The molecule has 12 heteroatoms. The van der Waals surface area contributed by atoms with Gasteiger partial charge < -0.3 is 10.6 Å². The first-order chi connectivity index (χ1) is 26.6. The van der Waals surface area contributed by atoms with Gasteiger partial charge in [-0.1, -0.05) is 88.8 Å². The number of rotatable bonds is 22. The van der Waals surface area contributed by atoms with Crippen LogP contribution in [0.25, 0.3) is 0 Å². The number of nitrogens with one attached hydrogen (secondary N) is 2. The molecule has 2 atom stereocenters. The molecule has 2 N–H and O–H groups in total. The molecule has 300 valence electrons. The van der Waals surface area contributed by atoms with E-state index >= 15 is 0 Å². The summed E-state index contributed by atoms with van der Waals surface area (Å²) in [5, 5.41) is 3.16. The predicted molar refractivity (Wildman–Crippen MR) is 222 cm³/mol. The topological polar surface area (TPSA) is 151 Å². The Morgan fingerprint density at radius 1 is 0.564 bits per heavy atom. The summed E-state index contributed by atoms with van der Waals surface area (Å²) in [7, 11) is -7.97. The van der Waals surface area contributed by atoms with E-state index in [1.165, 1.54) is 24.3 Å². The molecule has 0 saturated heterocycles. The van der Waals surface area contributed by atoms with Crippen LogP contribution in [0.1, 0.15) is 110 Å². The Morgan fingerprint density at radius 3 is 1.35 bits per heavy atom. The summed E-state index contributed by atoms with van der Waals surface area (Å²) in [6.07, 6.45) is 15.8. The Kier molecular flexibility index (Phi) is 18.0. The number of carbonyl (C=O) groups is 2. The SMILES string of the molecule is CCCCCCNC(=O)C(C1=CC(=NCCCN=C2C=C(C(C(=O)NCCCCCC)S(=O)(=O)c3ccccc3)CCC2)CCC1)S(=O)(=O)c1ccccc1. The van der Waals surface area contributed by atoms with E-state index in [0.717, 1.165) is 62.8 Å². The summed E-state index contributed by atoms with van der Waals surface area (Å²) < 4.78 is 55.4. The van der Waals surface area contributed by atoms with Crippen molar-refractivity contribution in [3.05, 3.63) is 84.0 Å². The van der Waals surface area contributed by atoms with Gasteiger partial charge in [-0.15, -0.1) is 0 Å². The summed E-state index contributed by atoms with van der Waals surface area (Å²) in [5.74, 6) is -0.987. The number of aliphatic imine (C=N–C) groups is 2. The van der Waals surface area contributed by atoms with Gasteiger partial charge in [0.15, 0.2) is 30.2 Å². The molecule has 2 unspecified atom stereocenters. The zero-order valence-corrected chi connectivity index (χ0v) is 34.3. The molecular weight excluding hydrogens is 733 g/mol. The Morgan fingerprint density at radius 2 is 0.964 bits per heavy atom. The van der Waals surface area contributed by atoms with Gasteiger partial charge in [0, 0.05) is 37.6 Å². The van der Waals surface area contributed by atoms with Crippen LogP contribution in [0, 0.1) is 0 Å². The van der Waals surface area contributed by atoms with E-state index in [9.17, 15) is 26.4 Å². The minimum absolute atomic E-state index is 0.122. The van der Waals surface area contributed by atoms with Crippen LogP contribution in [-0.2, 0) is 29.3 Å². The Hall–Kier alpha value is -3.90. The van der Waals surface area contributed by atoms with Gasteiger partial charge in [0.05, 0.1) is 9.79 Å². The average Bonchev–Trinajstić information content (AvgIpc) is 3.18. The maximum atomic E-state index is 13.9. The first-order valence-electron chi connectivity index (χ1n) is 20.2. The number of carbonyl (C=O) groups excluding carboxylic acids is 2. The van der Waals surface area contributed by atoms with Gasteiger partial charge in [-0.2, -0.15) is 0 Å². The van der Waals surface area contributed by atoms with Crippen LogP contribution in [0.4, 0.5) is 0 Å². The molecule has 2 aromatic rings. The van der Waals surface area contributed by atoms with Crippen molar-refractivity contribution in [1.29, 1.82) is 0 Å². The summed E-state index contributed by atoms with van der Waals surface area (Å²) in [6, 6.07) is 16.3. The molecule has 10 nitrogen and oxygen atoms in total. The number of allylic oxidation sites excluding steroid dienone is 2. The van der Waals surface area contributed by atoms with E-state index in [0.29, 0.717) is 82.3 Å². The average molecular weight is 793 g/mol. The predicted octanol–water partition coefficient (Wildman–Crippen LogP) is 7.56. The van der Waals surface area contributed by atoms with Crippen LogP contribution in [0.15, 0.2) is 104 Å². The second-order valence-corrected chi connectivity index (χ2v) is 18.5. The molecule has 0 bridgehead atoms. The van der Waals surface area contributed by atoms with E-state index in [1.807, 2.05) is 0 Å². The van der Waals surface area contributed by atoms with Gasteiger partial charge in [-0.25, -0.2) is 16.8 Å². The summed E-state index contributed by atoms with van der Waals surface area (Å²) in [6.45, 7) is 6.04. The van der Waals surface area contributed by atoms with Gasteiger partial charge in [0.1, 0.15) is 0 Å². The molecule has 2 aliphatic rings. The third kappa shape index (κ3) is 13.1. The van der Waals surface area contributed by atoms with Crippen molar-refractivity contribution < 1.29 is 26.4 Å². The maximum Gasteiger partial charge on any atom is 0.242 e. The Labute approximate surface area is 329 Å². The van der Waals surface area contributed by atoms with E-state index in [-0.39, 0.29) is 9.79 Å². The Balaban J connectivity index is 1.46. The normalized spacial score (nSPS) is 17.6. The highest BCUT2D eigenvalue weighted by molar-refractivity contribution is 7.93. The smallest absolute Gasteiger partial charge is 0.242 e. The number of sulfone groups is 2. The maximum absolute atomic E-state index is 13.9. The van der Waals surface area contributed by atoms with Crippen molar-refractivity contribution in [1.82, 2.24) is 10.6 Å². The molecule has 4 rings (SSSR count). The van der Waals surface area contributed by atoms with Gasteiger partial charge in [0.25, 0.3) is 0 Å². The van der Waals surface area contributed by atoms with Gasteiger partial charge in [-0.05, 0) is 105 Å². The monoisotopic (exact) mass is 792 g/mol. The number of benzene rings is 2. The molecule has 0 spiro atoms. The molecular formula is C43H60N4O6S2. The molecule has 55 heavy (non-hydrogen) atoms. The highest BCUT2D eigenvalue weighted by Crippen LogP contribution is 2.30. The number of amides is 2. The molecule has 0 saturated carbocycles.